The van der Waals surface area contributed by atoms with E-state index in [2.05, 4.69) is 6.08 Å². The lowest BCUT2D eigenvalue weighted by molar-refractivity contribution is -0.131. The maximum Gasteiger partial charge on any atom is 0.227 e. The molecule has 0 atom stereocenters. The summed E-state index contributed by atoms with van der Waals surface area (Å²) in [4.78, 5) is 13.5. The van der Waals surface area contributed by atoms with E-state index in [0.717, 1.165) is 6.42 Å². The largest absolute Gasteiger partial charge is 0.316 e. The number of carbonyl (C=O) groups is 1. The Bertz CT molecular complexity index is 216. The quantitative estimate of drug-likeness (QED) is 0.605. The number of rotatable bonds is 1. The standard InChI is InChI=1S/C11H17NO/c13-11-8-4-5-9-12(11)10-6-2-1-3-7-10/h5,9-10H,1-4,6-8H2. The number of hydrogen-bond donors (Lipinski definition) is 0. The van der Waals surface area contributed by atoms with Gasteiger partial charge in [0.05, 0.1) is 0 Å². The minimum absolute atomic E-state index is 0.328. The van der Waals surface area contributed by atoms with Crippen molar-refractivity contribution in [2.75, 3.05) is 0 Å². The van der Waals surface area contributed by atoms with Crippen LogP contribution in [0.4, 0.5) is 0 Å². The summed E-state index contributed by atoms with van der Waals surface area (Å²) in [7, 11) is 0. The zero-order valence-corrected chi connectivity index (χ0v) is 8.04. The van der Waals surface area contributed by atoms with Crippen molar-refractivity contribution in [1.29, 1.82) is 0 Å². The highest BCUT2D eigenvalue weighted by molar-refractivity contribution is 5.78. The van der Waals surface area contributed by atoms with Crippen LogP contribution in [0.5, 0.6) is 0 Å². The molecule has 2 aliphatic rings. The smallest absolute Gasteiger partial charge is 0.227 e. The molecule has 2 nitrogen and oxygen atoms in total. The second-order valence-corrected chi connectivity index (χ2v) is 4.02. The van der Waals surface area contributed by atoms with Crippen LogP contribution >= 0.6 is 0 Å². The van der Waals surface area contributed by atoms with Crippen LogP contribution in [-0.2, 0) is 4.79 Å². The normalized spacial score (nSPS) is 25.2. The predicted molar refractivity (Wildman–Crippen MR) is 52.1 cm³/mol. The molecule has 0 aromatic rings. The predicted octanol–water partition coefficient (Wildman–Crippen LogP) is 2.46. The Hall–Kier alpha value is -0.790. The van der Waals surface area contributed by atoms with Crippen molar-refractivity contribution in [3.8, 4) is 0 Å². The van der Waals surface area contributed by atoms with Crippen LogP contribution in [0.15, 0.2) is 12.3 Å². The summed E-state index contributed by atoms with van der Waals surface area (Å²) in [5.74, 6) is 0.328. The van der Waals surface area contributed by atoms with Crippen LogP contribution in [0.25, 0.3) is 0 Å². The SMILES string of the molecule is O=C1CCC=CN1C1CCCCC1. The summed E-state index contributed by atoms with van der Waals surface area (Å²) in [5.41, 5.74) is 0. The highest BCUT2D eigenvalue weighted by atomic mass is 16.2. The molecule has 0 unspecified atom stereocenters. The van der Waals surface area contributed by atoms with Crippen LogP contribution in [0, 0.1) is 0 Å². The molecular weight excluding hydrogens is 162 g/mol. The Balaban J connectivity index is 2.00. The van der Waals surface area contributed by atoms with Crippen LogP contribution < -0.4 is 0 Å². The minimum atomic E-state index is 0.328. The third-order valence-electron chi connectivity index (χ3n) is 3.05. The van der Waals surface area contributed by atoms with Crippen molar-refractivity contribution in [1.82, 2.24) is 4.90 Å². The lowest BCUT2D eigenvalue weighted by atomic mass is 9.93. The van der Waals surface area contributed by atoms with Crippen molar-refractivity contribution in [2.24, 2.45) is 0 Å². The molecule has 0 aromatic carbocycles. The fourth-order valence-electron chi connectivity index (χ4n) is 2.29. The third-order valence-corrected chi connectivity index (χ3v) is 3.05. The number of amides is 1. The molecule has 2 heteroatoms. The Kier molecular flexibility index (Phi) is 2.67. The molecule has 0 saturated heterocycles. The zero-order chi connectivity index (χ0) is 9.10. The van der Waals surface area contributed by atoms with Gasteiger partial charge >= 0.3 is 0 Å². The molecule has 2 rings (SSSR count). The van der Waals surface area contributed by atoms with E-state index in [4.69, 9.17) is 0 Å². The molecule has 1 heterocycles. The lowest BCUT2D eigenvalue weighted by Gasteiger charge is -2.33. The van der Waals surface area contributed by atoms with Crippen LogP contribution in [0.3, 0.4) is 0 Å². The Morgan fingerprint density at radius 3 is 2.69 bits per heavy atom. The van der Waals surface area contributed by atoms with Gasteiger partial charge in [-0.25, -0.2) is 0 Å². The van der Waals surface area contributed by atoms with Gasteiger partial charge in [0.15, 0.2) is 0 Å². The zero-order valence-electron chi connectivity index (χ0n) is 8.04. The molecule has 0 bridgehead atoms. The summed E-state index contributed by atoms with van der Waals surface area (Å²) < 4.78 is 0. The summed E-state index contributed by atoms with van der Waals surface area (Å²) in [6, 6.07) is 0.512. The van der Waals surface area contributed by atoms with E-state index < -0.39 is 0 Å². The molecule has 1 amide bonds. The van der Waals surface area contributed by atoms with Gasteiger partial charge in [0.1, 0.15) is 0 Å². The van der Waals surface area contributed by atoms with E-state index in [1.807, 2.05) is 11.1 Å². The third kappa shape index (κ3) is 1.93. The van der Waals surface area contributed by atoms with E-state index in [-0.39, 0.29) is 0 Å². The fraction of sp³-hybridized carbons (Fsp3) is 0.727. The van der Waals surface area contributed by atoms with Gasteiger partial charge in [-0.15, -0.1) is 0 Å². The van der Waals surface area contributed by atoms with Crippen LogP contribution in [-0.4, -0.2) is 16.8 Å². The molecule has 72 valence electrons. The lowest BCUT2D eigenvalue weighted by Crippen LogP contribution is -2.38. The fourth-order valence-corrected chi connectivity index (χ4v) is 2.29. The van der Waals surface area contributed by atoms with E-state index in [1.54, 1.807) is 0 Å². The van der Waals surface area contributed by atoms with Gasteiger partial charge in [-0.1, -0.05) is 25.3 Å². The van der Waals surface area contributed by atoms with E-state index in [9.17, 15) is 4.79 Å². The van der Waals surface area contributed by atoms with Crippen molar-refractivity contribution in [3.63, 3.8) is 0 Å². The van der Waals surface area contributed by atoms with Crippen LogP contribution in [0.1, 0.15) is 44.9 Å². The number of hydrogen-bond acceptors (Lipinski definition) is 1. The highest BCUT2D eigenvalue weighted by Crippen LogP contribution is 2.25. The summed E-state index contributed by atoms with van der Waals surface area (Å²) >= 11 is 0. The molecule has 0 aromatic heterocycles. The first-order valence-corrected chi connectivity index (χ1v) is 5.36. The second kappa shape index (κ2) is 3.95. The monoisotopic (exact) mass is 179 g/mol. The molecule has 1 aliphatic carbocycles. The molecule has 1 fully saturated rings. The molecule has 0 spiro atoms. The first-order valence-electron chi connectivity index (χ1n) is 5.36. The topological polar surface area (TPSA) is 20.3 Å². The second-order valence-electron chi connectivity index (χ2n) is 4.02. The van der Waals surface area contributed by atoms with Gasteiger partial charge in [0.25, 0.3) is 0 Å². The van der Waals surface area contributed by atoms with Gasteiger partial charge in [-0.05, 0) is 19.3 Å². The number of carbonyl (C=O) groups excluding carboxylic acids is 1. The molecule has 0 radical (unpaired) electrons. The maximum atomic E-state index is 11.6. The molecule has 1 aliphatic heterocycles. The average molecular weight is 179 g/mol. The van der Waals surface area contributed by atoms with Gasteiger partial charge in [-0.2, -0.15) is 0 Å². The maximum absolute atomic E-state index is 11.6. The molecule has 13 heavy (non-hydrogen) atoms. The number of allylic oxidation sites excluding steroid dienone is 1. The summed E-state index contributed by atoms with van der Waals surface area (Å²) in [6.07, 6.45) is 12.1. The summed E-state index contributed by atoms with van der Waals surface area (Å²) in [5, 5.41) is 0. The average Bonchev–Trinajstić information content (AvgIpc) is 2.20. The van der Waals surface area contributed by atoms with Crippen molar-refractivity contribution < 1.29 is 4.79 Å². The molecular formula is C11H17NO. The first kappa shape index (κ1) is 8.79. The molecule has 0 N–H and O–H groups in total. The Morgan fingerprint density at radius 2 is 2.00 bits per heavy atom. The first-order chi connectivity index (χ1) is 6.38. The summed E-state index contributed by atoms with van der Waals surface area (Å²) in [6.45, 7) is 0. The van der Waals surface area contributed by atoms with Gasteiger partial charge < -0.3 is 4.90 Å². The van der Waals surface area contributed by atoms with Crippen molar-refractivity contribution in [3.05, 3.63) is 12.3 Å². The van der Waals surface area contributed by atoms with Crippen molar-refractivity contribution in [2.45, 2.75) is 51.0 Å². The highest BCUT2D eigenvalue weighted by Gasteiger charge is 2.24. The number of nitrogens with zero attached hydrogens (tertiary/aromatic N) is 1. The molecule has 1 saturated carbocycles. The Labute approximate surface area is 79.6 Å². The van der Waals surface area contributed by atoms with Crippen LogP contribution in [0.2, 0.25) is 0 Å². The van der Waals surface area contributed by atoms with E-state index >= 15 is 0 Å². The van der Waals surface area contributed by atoms with Gasteiger partial charge in [0.2, 0.25) is 5.91 Å². The van der Waals surface area contributed by atoms with Gasteiger partial charge in [0, 0.05) is 18.7 Å². The minimum Gasteiger partial charge on any atom is -0.316 e. The Morgan fingerprint density at radius 1 is 1.23 bits per heavy atom. The van der Waals surface area contributed by atoms with E-state index in [1.165, 1.54) is 32.1 Å². The van der Waals surface area contributed by atoms with Gasteiger partial charge in [-0.3, -0.25) is 4.79 Å². The van der Waals surface area contributed by atoms with E-state index in [0.29, 0.717) is 18.4 Å². The van der Waals surface area contributed by atoms with Crippen molar-refractivity contribution >= 4 is 5.91 Å².